The first-order valence-electron chi connectivity index (χ1n) is 5.93. The van der Waals surface area contributed by atoms with Crippen LogP contribution in [0.2, 0.25) is 0 Å². The third-order valence-corrected chi connectivity index (χ3v) is 2.85. The Morgan fingerprint density at radius 1 is 1.21 bits per heavy atom. The van der Waals surface area contributed by atoms with Gasteiger partial charge in [0, 0.05) is 32.2 Å². The van der Waals surface area contributed by atoms with E-state index in [-0.39, 0.29) is 0 Å². The average molecular weight is 259 g/mol. The van der Waals surface area contributed by atoms with E-state index in [2.05, 4.69) is 9.97 Å². The molecule has 2 aromatic rings. The number of hydrogen-bond acceptors (Lipinski definition) is 5. The Hall–Kier alpha value is -2.14. The predicted molar refractivity (Wildman–Crippen MR) is 73.4 cm³/mol. The molecule has 2 rings (SSSR count). The van der Waals surface area contributed by atoms with Gasteiger partial charge in [0.15, 0.2) is 0 Å². The lowest BCUT2D eigenvalue weighted by molar-refractivity contribution is 0.207. The van der Waals surface area contributed by atoms with Crippen molar-refractivity contribution in [3.05, 3.63) is 47.9 Å². The second-order valence-electron chi connectivity index (χ2n) is 4.34. The van der Waals surface area contributed by atoms with Gasteiger partial charge in [-0.2, -0.15) is 0 Å². The van der Waals surface area contributed by atoms with Crippen LogP contribution in [0.5, 0.6) is 5.88 Å². The lowest BCUT2D eigenvalue weighted by Gasteiger charge is -2.17. The van der Waals surface area contributed by atoms with Crippen molar-refractivity contribution in [1.82, 2.24) is 9.97 Å². The molecule has 0 aliphatic rings. The van der Waals surface area contributed by atoms with E-state index in [1.54, 1.807) is 0 Å². The van der Waals surface area contributed by atoms with Crippen LogP contribution in [0.25, 0.3) is 0 Å². The Labute approximate surface area is 112 Å². The molecule has 0 aliphatic carbocycles. The summed E-state index contributed by atoms with van der Waals surface area (Å²) < 4.78 is 5.12. The van der Waals surface area contributed by atoms with Crippen LogP contribution in [0.3, 0.4) is 0 Å². The number of anilines is 1. The SMILES string of the molecule is COc1nccnc1C(O)c1cccc(N(C)C)c1. The Morgan fingerprint density at radius 3 is 2.63 bits per heavy atom. The highest BCUT2D eigenvalue weighted by molar-refractivity contribution is 5.48. The fourth-order valence-corrected chi connectivity index (χ4v) is 1.81. The molecule has 0 fully saturated rings. The molecule has 1 heterocycles. The van der Waals surface area contributed by atoms with Gasteiger partial charge in [-0.3, -0.25) is 4.98 Å². The van der Waals surface area contributed by atoms with Crippen molar-refractivity contribution in [2.45, 2.75) is 6.10 Å². The van der Waals surface area contributed by atoms with Crippen molar-refractivity contribution in [3.8, 4) is 5.88 Å². The number of rotatable bonds is 4. The first kappa shape index (κ1) is 13.3. The number of aliphatic hydroxyl groups excluding tert-OH is 1. The highest BCUT2D eigenvalue weighted by Gasteiger charge is 2.18. The van der Waals surface area contributed by atoms with Crippen LogP contribution in [0.15, 0.2) is 36.7 Å². The zero-order valence-electron chi connectivity index (χ0n) is 11.2. The van der Waals surface area contributed by atoms with E-state index in [0.717, 1.165) is 11.3 Å². The van der Waals surface area contributed by atoms with Crippen molar-refractivity contribution in [3.63, 3.8) is 0 Å². The number of methoxy groups -OCH3 is 1. The molecular weight excluding hydrogens is 242 g/mol. The largest absolute Gasteiger partial charge is 0.480 e. The van der Waals surface area contributed by atoms with Gasteiger partial charge in [0.05, 0.1) is 7.11 Å². The maximum absolute atomic E-state index is 10.4. The Balaban J connectivity index is 2.38. The molecule has 0 amide bonds. The zero-order valence-corrected chi connectivity index (χ0v) is 11.2. The maximum atomic E-state index is 10.4. The summed E-state index contributed by atoms with van der Waals surface area (Å²) >= 11 is 0. The fraction of sp³-hybridized carbons (Fsp3) is 0.286. The Morgan fingerprint density at radius 2 is 1.95 bits per heavy atom. The van der Waals surface area contributed by atoms with E-state index < -0.39 is 6.10 Å². The van der Waals surface area contributed by atoms with E-state index in [1.807, 2.05) is 43.3 Å². The van der Waals surface area contributed by atoms with Crippen LogP contribution in [0.1, 0.15) is 17.4 Å². The van der Waals surface area contributed by atoms with Crippen LogP contribution in [0.4, 0.5) is 5.69 Å². The van der Waals surface area contributed by atoms with Gasteiger partial charge >= 0.3 is 0 Å². The second kappa shape index (κ2) is 5.67. The summed E-state index contributed by atoms with van der Waals surface area (Å²) in [5.74, 6) is 0.338. The molecule has 1 aromatic carbocycles. The normalized spacial score (nSPS) is 12.0. The molecule has 0 bridgehead atoms. The topological polar surface area (TPSA) is 58.5 Å². The van der Waals surface area contributed by atoms with Crippen molar-refractivity contribution >= 4 is 5.69 Å². The van der Waals surface area contributed by atoms with E-state index in [1.165, 1.54) is 19.5 Å². The van der Waals surface area contributed by atoms with Gasteiger partial charge in [-0.1, -0.05) is 12.1 Å². The smallest absolute Gasteiger partial charge is 0.238 e. The van der Waals surface area contributed by atoms with Crippen molar-refractivity contribution < 1.29 is 9.84 Å². The third kappa shape index (κ3) is 2.82. The number of aliphatic hydroxyl groups is 1. The number of hydrogen-bond donors (Lipinski definition) is 1. The number of benzene rings is 1. The third-order valence-electron chi connectivity index (χ3n) is 2.85. The molecule has 0 radical (unpaired) electrons. The van der Waals surface area contributed by atoms with E-state index >= 15 is 0 Å². The standard InChI is InChI=1S/C14H17N3O2/c1-17(2)11-6-4-5-10(9-11)13(18)12-14(19-3)16-8-7-15-12/h4-9,13,18H,1-3H3. The first-order chi connectivity index (χ1) is 9.13. The van der Waals surface area contributed by atoms with Gasteiger partial charge in [0.1, 0.15) is 11.8 Å². The monoisotopic (exact) mass is 259 g/mol. The summed E-state index contributed by atoms with van der Waals surface area (Å²) in [7, 11) is 5.42. The summed E-state index contributed by atoms with van der Waals surface area (Å²) in [6.45, 7) is 0. The molecule has 0 saturated carbocycles. The average Bonchev–Trinajstić information content (AvgIpc) is 2.46. The van der Waals surface area contributed by atoms with E-state index in [0.29, 0.717) is 11.6 Å². The molecule has 1 atom stereocenters. The van der Waals surface area contributed by atoms with Crippen molar-refractivity contribution in [2.24, 2.45) is 0 Å². The summed E-state index contributed by atoms with van der Waals surface area (Å²) in [5.41, 5.74) is 2.19. The molecule has 0 aliphatic heterocycles. The molecule has 5 heteroatoms. The second-order valence-corrected chi connectivity index (χ2v) is 4.34. The Bertz CT molecular complexity index is 558. The Kier molecular flexibility index (Phi) is 3.97. The molecule has 1 aromatic heterocycles. The molecule has 1 unspecified atom stereocenters. The summed E-state index contributed by atoms with van der Waals surface area (Å²) in [4.78, 5) is 10.2. The lowest BCUT2D eigenvalue weighted by atomic mass is 10.1. The highest BCUT2D eigenvalue weighted by Crippen LogP contribution is 2.27. The number of nitrogens with zero attached hydrogens (tertiary/aromatic N) is 3. The minimum atomic E-state index is -0.858. The summed E-state index contributed by atoms with van der Waals surface area (Å²) in [6, 6.07) is 7.64. The van der Waals surface area contributed by atoms with E-state index in [4.69, 9.17) is 4.74 Å². The zero-order chi connectivity index (χ0) is 13.8. The molecule has 1 N–H and O–H groups in total. The number of aromatic nitrogens is 2. The molecular formula is C14H17N3O2. The van der Waals surface area contributed by atoms with E-state index in [9.17, 15) is 5.11 Å². The minimum Gasteiger partial charge on any atom is -0.480 e. The van der Waals surface area contributed by atoms with Gasteiger partial charge in [-0.15, -0.1) is 0 Å². The van der Waals surface area contributed by atoms with Crippen molar-refractivity contribution in [2.75, 3.05) is 26.1 Å². The predicted octanol–water partition coefficient (Wildman–Crippen LogP) is 1.63. The van der Waals surface area contributed by atoms with Gasteiger partial charge in [-0.25, -0.2) is 4.98 Å². The molecule has 0 saturated heterocycles. The quantitative estimate of drug-likeness (QED) is 0.904. The van der Waals surface area contributed by atoms with Crippen LogP contribution in [0, 0.1) is 0 Å². The fourth-order valence-electron chi connectivity index (χ4n) is 1.81. The highest BCUT2D eigenvalue weighted by atomic mass is 16.5. The van der Waals surface area contributed by atoms with Gasteiger partial charge in [-0.05, 0) is 17.7 Å². The first-order valence-corrected chi connectivity index (χ1v) is 5.93. The van der Waals surface area contributed by atoms with Crippen LogP contribution in [-0.4, -0.2) is 36.3 Å². The summed E-state index contributed by atoms with van der Waals surface area (Å²) in [6.07, 6.45) is 2.21. The van der Waals surface area contributed by atoms with Crippen LogP contribution < -0.4 is 9.64 Å². The maximum Gasteiger partial charge on any atom is 0.238 e. The van der Waals surface area contributed by atoms with Crippen molar-refractivity contribution in [1.29, 1.82) is 0 Å². The number of ether oxygens (including phenoxy) is 1. The van der Waals surface area contributed by atoms with Crippen LogP contribution >= 0.6 is 0 Å². The molecule has 19 heavy (non-hydrogen) atoms. The van der Waals surface area contributed by atoms with Gasteiger partial charge in [0.25, 0.3) is 0 Å². The van der Waals surface area contributed by atoms with Crippen LogP contribution in [-0.2, 0) is 0 Å². The minimum absolute atomic E-state index is 0.338. The summed E-state index contributed by atoms with van der Waals surface area (Å²) in [5, 5.41) is 10.4. The lowest BCUT2D eigenvalue weighted by Crippen LogP contribution is -2.10. The molecule has 5 nitrogen and oxygen atoms in total. The van der Waals surface area contributed by atoms with Gasteiger partial charge in [0.2, 0.25) is 5.88 Å². The molecule has 100 valence electrons. The van der Waals surface area contributed by atoms with Gasteiger partial charge < -0.3 is 14.7 Å². The molecule has 0 spiro atoms.